The van der Waals surface area contributed by atoms with E-state index in [9.17, 15) is 13.2 Å². The molecule has 0 spiro atoms. The monoisotopic (exact) mass is 422 g/mol. The summed E-state index contributed by atoms with van der Waals surface area (Å²) in [4.78, 5) is 22.5. The first-order chi connectivity index (χ1) is 14.4. The molecular weight excluding hydrogens is 400 g/mol. The van der Waals surface area contributed by atoms with Gasteiger partial charge < -0.3 is 0 Å². The van der Waals surface area contributed by atoms with Crippen LogP contribution in [0.25, 0.3) is 27.7 Å². The van der Waals surface area contributed by atoms with Crippen molar-refractivity contribution in [2.75, 3.05) is 11.0 Å². The van der Waals surface area contributed by atoms with E-state index in [2.05, 4.69) is 21.9 Å². The van der Waals surface area contributed by atoms with E-state index >= 15 is 0 Å². The third kappa shape index (κ3) is 3.91. The minimum atomic E-state index is -3.44. The Balaban J connectivity index is 1.97. The molecular formula is C22H22N4O3S. The fourth-order valence-electron chi connectivity index (χ4n) is 3.64. The summed E-state index contributed by atoms with van der Waals surface area (Å²) in [6.45, 7) is 1.98. The van der Waals surface area contributed by atoms with Crippen LogP contribution in [0.1, 0.15) is 25.6 Å². The molecule has 0 amide bonds. The Kier molecular flexibility index (Phi) is 5.26. The molecule has 2 heterocycles. The standard InChI is InChI=1S/C22H22N4O3S/c1-3-20-24-19-11-7-10-18(15-12-16(14-23-13-15)25-30(2,28)29)21(19)22(27)26(20)17-8-5-4-6-9-17/h5,7-14,25H,3-4,6H2,1-2H3. The molecule has 1 aromatic carbocycles. The molecule has 1 N–H and O–H groups in total. The number of anilines is 1. The van der Waals surface area contributed by atoms with Crippen molar-refractivity contribution in [3.63, 3.8) is 0 Å². The molecule has 0 atom stereocenters. The van der Waals surface area contributed by atoms with Crippen molar-refractivity contribution in [2.24, 2.45) is 0 Å². The number of pyridine rings is 1. The average Bonchev–Trinajstić information content (AvgIpc) is 2.72. The molecule has 30 heavy (non-hydrogen) atoms. The van der Waals surface area contributed by atoms with E-state index in [-0.39, 0.29) is 5.56 Å². The summed E-state index contributed by atoms with van der Waals surface area (Å²) >= 11 is 0. The number of aromatic nitrogens is 3. The predicted molar refractivity (Wildman–Crippen MR) is 120 cm³/mol. The zero-order valence-electron chi connectivity index (χ0n) is 16.8. The summed E-state index contributed by atoms with van der Waals surface area (Å²) in [6, 6.07) is 7.15. The number of nitrogens with zero attached hydrogens (tertiary/aromatic N) is 3. The smallest absolute Gasteiger partial charge is 0.266 e. The lowest BCUT2D eigenvalue weighted by Crippen LogP contribution is -2.25. The van der Waals surface area contributed by atoms with E-state index in [1.54, 1.807) is 16.8 Å². The Labute approximate surface area is 174 Å². The molecule has 0 saturated heterocycles. The number of hydrogen-bond acceptors (Lipinski definition) is 5. The van der Waals surface area contributed by atoms with Crippen molar-refractivity contribution in [2.45, 2.75) is 26.2 Å². The highest BCUT2D eigenvalue weighted by atomic mass is 32.2. The van der Waals surface area contributed by atoms with Crippen LogP contribution in [-0.4, -0.2) is 29.2 Å². The highest BCUT2D eigenvalue weighted by Crippen LogP contribution is 2.28. The number of rotatable bonds is 5. The van der Waals surface area contributed by atoms with Crippen molar-refractivity contribution < 1.29 is 8.42 Å². The Bertz CT molecular complexity index is 1350. The highest BCUT2D eigenvalue weighted by Gasteiger charge is 2.17. The molecule has 0 radical (unpaired) electrons. The van der Waals surface area contributed by atoms with Crippen molar-refractivity contribution >= 4 is 32.3 Å². The molecule has 7 nitrogen and oxygen atoms in total. The number of allylic oxidation sites excluding steroid dienone is 4. The van der Waals surface area contributed by atoms with Crippen molar-refractivity contribution in [3.05, 3.63) is 71.1 Å². The van der Waals surface area contributed by atoms with E-state index in [1.165, 1.54) is 6.20 Å². The summed E-state index contributed by atoms with van der Waals surface area (Å²) in [5.74, 6) is 0.702. The number of benzene rings is 1. The molecule has 4 rings (SSSR count). The maximum atomic E-state index is 13.6. The van der Waals surface area contributed by atoms with Gasteiger partial charge in [-0.05, 0) is 36.6 Å². The summed E-state index contributed by atoms with van der Waals surface area (Å²) in [7, 11) is -3.44. The largest absolute Gasteiger partial charge is 0.282 e. The van der Waals surface area contributed by atoms with Gasteiger partial charge >= 0.3 is 0 Å². The second kappa shape index (κ2) is 7.87. The van der Waals surface area contributed by atoms with Gasteiger partial charge in [-0.25, -0.2) is 13.4 Å². The van der Waals surface area contributed by atoms with Gasteiger partial charge in [0.1, 0.15) is 5.82 Å². The third-order valence-electron chi connectivity index (χ3n) is 4.87. The topological polar surface area (TPSA) is 94.0 Å². The van der Waals surface area contributed by atoms with Gasteiger partial charge in [-0.3, -0.25) is 19.1 Å². The number of sulfonamides is 1. The van der Waals surface area contributed by atoms with Crippen LogP contribution < -0.4 is 10.3 Å². The molecule has 0 unspecified atom stereocenters. The summed E-state index contributed by atoms with van der Waals surface area (Å²) < 4.78 is 27.3. The maximum absolute atomic E-state index is 13.6. The van der Waals surface area contributed by atoms with Crippen LogP contribution in [0.3, 0.4) is 0 Å². The van der Waals surface area contributed by atoms with Gasteiger partial charge in [0.15, 0.2) is 0 Å². The van der Waals surface area contributed by atoms with Crippen LogP contribution in [0.15, 0.2) is 59.7 Å². The molecule has 0 aliphatic heterocycles. The minimum Gasteiger partial charge on any atom is -0.282 e. The number of nitrogens with one attached hydrogen (secondary N) is 1. The van der Waals surface area contributed by atoms with Crippen molar-refractivity contribution in [1.82, 2.24) is 14.5 Å². The fraction of sp³-hybridized carbons (Fsp3) is 0.227. The van der Waals surface area contributed by atoms with E-state index in [4.69, 9.17) is 4.98 Å². The molecule has 2 aromatic heterocycles. The lowest BCUT2D eigenvalue weighted by Gasteiger charge is -2.17. The van der Waals surface area contributed by atoms with E-state index in [1.807, 2.05) is 31.2 Å². The Morgan fingerprint density at radius 1 is 1.20 bits per heavy atom. The minimum absolute atomic E-state index is 0.147. The number of hydrogen-bond donors (Lipinski definition) is 1. The molecule has 1 aliphatic carbocycles. The van der Waals surface area contributed by atoms with Crippen LogP contribution in [0, 0.1) is 0 Å². The molecule has 154 valence electrons. The SMILES string of the molecule is CCc1nc2cccc(-c3cncc(NS(C)(=O)=O)c3)c2c(=O)n1C1=CCCC=C1. The fourth-order valence-corrected chi connectivity index (χ4v) is 4.18. The van der Waals surface area contributed by atoms with Crippen LogP contribution in [0.4, 0.5) is 5.69 Å². The zero-order chi connectivity index (χ0) is 21.3. The Morgan fingerprint density at radius 2 is 2.03 bits per heavy atom. The highest BCUT2D eigenvalue weighted by molar-refractivity contribution is 7.92. The Morgan fingerprint density at radius 3 is 2.73 bits per heavy atom. The van der Waals surface area contributed by atoms with Gasteiger partial charge in [-0.2, -0.15) is 0 Å². The van der Waals surface area contributed by atoms with E-state index in [0.29, 0.717) is 40.0 Å². The summed E-state index contributed by atoms with van der Waals surface area (Å²) in [5.41, 5.74) is 2.92. The van der Waals surface area contributed by atoms with E-state index < -0.39 is 10.0 Å². The Hall–Kier alpha value is -3.26. The average molecular weight is 423 g/mol. The molecule has 0 fully saturated rings. The van der Waals surface area contributed by atoms with E-state index in [0.717, 1.165) is 24.8 Å². The van der Waals surface area contributed by atoms with Gasteiger partial charge in [-0.15, -0.1) is 0 Å². The van der Waals surface area contributed by atoms with Crippen LogP contribution in [0.5, 0.6) is 0 Å². The molecule has 1 aliphatic rings. The van der Waals surface area contributed by atoms with Crippen LogP contribution >= 0.6 is 0 Å². The van der Waals surface area contributed by atoms with Gasteiger partial charge in [0.2, 0.25) is 10.0 Å². The van der Waals surface area contributed by atoms with Gasteiger partial charge in [0, 0.05) is 23.9 Å². The van der Waals surface area contributed by atoms with Crippen LogP contribution in [-0.2, 0) is 16.4 Å². The predicted octanol–water partition coefficient (Wildman–Crippen LogP) is 3.58. The normalized spacial score (nSPS) is 14.0. The quantitative estimate of drug-likeness (QED) is 0.678. The lowest BCUT2D eigenvalue weighted by atomic mass is 10.0. The van der Waals surface area contributed by atoms with Gasteiger partial charge in [0.05, 0.1) is 29.0 Å². The second-order valence-electron chi connectivity index (χ2n) is 7.17. The first kappa shape index (κ1) is 20.0. The van der Waals surface area contributed by atoms with Crippen molar-refractivity contribution in [3.8, 4) is 11.1 Å². The van der Waals surface area contributed by atoms with Gasteiger partial charge in [0.25, 0.3) is 5.56 Å². The number of aryl methyl sites for hydroxylation is 1. The van der Waals surface area contributed by atoms with Crippen molar-refractivity contribution in [1.29, 1.82) is 0 Å². The molecule has 0 saturated carbocycles. The van der Waals surface area contributed by atoms with Gasteiger partial charge in [-0.1, -0.05) is 31.2 Å². The lowest BCUT2D eigenvalue weighted by molar-refractivity contribution is 0.607. The summed E-state index contributed by atoms with van der Waals surface area (Å²) in [5, 5.41) is 0.480. The summed E-state index contributed by atoms with van der Waals surface area (Å²) in [6.07, 6.45) is 12.6. The number of fused-ring (bicyclic) bond motifs is 1. The van der Waals surface area contributed by atoms with Crippen LogP contribution in [0.2, 0.25) is 0 Å². The molecule has 8 heteroatoms. The zero-order valence-corrected chi connectivity index (χ0v) is 17.6. The first-order valence-corrected chi connectivity index (χ1v) is 11.6. The first-order valence-electron chi connectivity index (χ1n) is 9.72. The maximum Gasteiger partial charge on any atom is 0.266 e. The molecule has 3 aromatic rings. The third-order valence-corrected chi connectivity index (χ3v) is 5.48. The molecule has 0 bridgehead atoms. The second-order valence-corrected chi connectivity index (χ2v) is 8.92.